The summed E-state index contributed by atoms with van der Waals surface area (Å²) in [6, 6.07) is 20.4. The van der Waals surface area contributed by atoms with Crippen LogP contribution in [0.1, 0.15) is 0 Å². The summed E-state index contributed by atoms with van der Waals surface area (Å²) in [6.07, 6.45) is 7.63. The first kappa shape index (κ1) is 13.9. The van der Waals surface area contributed by atoms with E-state index in [9.17, 15) is 0 Å². The van der Waals surface area contributed by atoms with Crippen molar-refractivity contribution in [1.29, 1.82) is 0 Å². The molecule has 0 saturated heterocycles. The van der Waals surface area contributed by atoms with Crippen LogP contribution in [0.25, 0.3) is 38.8 Å². The Hall–Kier alpha value is -3.53. The van der Waals surface area contributed by atoms with Crippen LogP contribution < -0.4 is 0 Å². The van der Waals surface area contributed by atoms with Gasteiger partial charge in [-0.05, 0) is 23.3 Å². The van der Waals surface area contributed by atoms with E-state index in [2.05, 4.69) is 33.3 Å². The van der Waals surface area contributed by atoms with Gasteiger partial charge < -0.3 is 0 Å². The highest BCUT2D eigenvalue weighted by Crippen LogP contribution is 2.30. The highest BCUT2D eigenvalue weighted by molar-refractivity contribution is 5.97. The first-order valence-corrected chi connectivity index (χ1v) is 8.13. The average molecular weight is 322 g/mol. The maximum atomic E-state index is 4.68. The van der Waals surface area contributed by atoms with E-state index < -0.39 is 0 Å². The van der Waals surface area contributed by atoms with Crippen LogP contribution in [0.2, 0.25) is 0 Å². The van der Waals surface area contributed by atoms with E-state index in [1.54, 1.807) is 0 Å². The summed E-state index contributed by atoms with van der Waals surface area (Å²) in [5.74, 6) is 0. The molecule has 5 aromatic rings. The van der Waals surface area contributed by atoms with Gasteiger partial charge in [0.05, 0.1) is 11.7 Å². The fraction of sp³-hybridized carbons (Fsp3) is 0. The summed E-state index contributed by atoms with van der Waals surface area (Å²) >= 11 is 0. The minimum Gasteiger partial charge on any atom is -0.256 e. The largest absolute Gasteiger partial charge is 0.256 e. The van der Waals surface area contributed by atoms with Crippen molar-refractivity contribution in [3.05, 3.63) is 85.5 Å². The number of pyridine rings is 1. The normalized spacial score (nSPS) is 11.2. The lowest BCUT2D eigenvalue weighted by atomic mass is 10.0. The third kappa shape index (κ3) is 2.27. The van der Waals surface area contributed by atoms with Crippen molar-refractivity contribution in [2.75, 3.05) is 0 Å². The van der Waals surface area contributed by atoms with Crippen molar-refractivity contribution in [3.63, 3.8) is 0 Å². The predicted octanol–water partition coefficient (Wildman–Crippen LogP) is 4.61. The number of benzene rings is 2. The van der Waals surface area contributed by atoms with Crippen molar-refractivity contribution in [2.45, 2.75) is 0 Å². The molecule has 4 heteroatoms. The molecule has 0 spiro atoms. The Morgan fingerprint density at radius 3 is 2.44 bits per heavy atom. The Balaban J connectivity index is 1.70. The van der Waals surface area contributed by atoms with Crippen LogP contribution in [0.3, 0.4) is 0 Å². The van der Waals surface area contributed by atoms with Crippen LogP contribution in [0, 0.1) is 0 Å². The lowest BCUT2D eigenvalue weighted by Gasteiger charge is -2.05. The molecule has 0 amide bonds. The van der Waals surface area contributed by atoms with Crippen LogP contribution in [-0.2, 0) is 0 Å². The van der Waals surface area contributed by atoms with Gasteiger partial charge in [-0.2, -0.15) is 5.10 Å². The predicted molar refractivity (Wildman–Crippen MR) is 99.2 cm³/mol. The van der Waals surface area contributed by atoms with Gasteiger partial charge in [-0.15, -0.1) is 0 Å². The quantitative estimate of drug-likeness (QED) is 0.476. The molecule has 0 aliphatic heterocycles. The maximum Gasteiger partial charge on any atom is 0.162 e. The highest BCUT2D eigenvalue weighted by Gasteiger charge is 2.12. The topological polar surface area (TPSA) is 43.1 Å². The summed E-state index contributed by atoms with van der Waals surface area (Å²) in [6.45, 7) is 0. The van der Waals surface area contributed by atoms with Gasteiger partial charge in [0.1, 0.15) is 0 Å². The molecule has 0 N–H and O–H groups in total. The van der Waals surface area contributed by atoms with E-state index in [4.69, 9.17) is 0 Å². The second-order valence-electron chi connectivity index (χ2n) is 5.91. The van der Waals surface area contributed by atoms with Crippen LogP contribution in [0.5, 0.6) is 0 Å². The molecular formula is C21H14N4. The minimum atomic E-state index is 0.844. The fourth-order valence-electron chi connectivity index (χ4n) is 3.18. The van der Waals surface area contributed by atoms with Crippen LogP contribution in [0.15, 0.2) is 85.5 Å². The Kier molecular flexibility index (Phi) is 3.07. The van der Waals surface area contributed by atoms with E-state index in [0.717, 1.165) is 38.8 Å². The van der Waals surface area contributed by atoms with Crippen LogP contribution in [-0.4, -0.2) is 19.6 Å². The van der Waals surface area contributed by atoms with Gasteiger partial charge in [-0.3, -0.25) is 4.98 Å². The second kappa shape index (κ2) is 5.53. The molecule has 0 aliphatic carbocycles. The molecule has 4 nitrogen and oxygen atoms in total. The van der Waals surface area contributed by atoms with Gasteiger partial charge in [0, 0.05) is 35.1 Å². The molecule has 0 fully saturated rings. The van der Waals surface area contributed by atoms with Crippen molar-refractivity contribution < 1.29 is 0 Å². The number of rotatable bonds is 2. The van der Waals surface area contributed by atoms with E-state index in [-0.39, 0.29) is 0 Å². The Morgan fingerprint density at radius 2 is 1.52 bits per heavy atom. The SMILES string of the molecule is c1ccc(-c2cnc3c(-c4ccnc5ccccc45)cnn3c2)cc1. The summed E-state index contributed by atoms with van der Waals surface area (Å²) in [5, 5.41) is 5.63. The molecule has 0 saturated carbocycles. The van der Waals surface area contributed by atoms with Gasteiger partial charge in [-0.25, -0.2) is 9.50 Å². The van der Waals surface area contributed by atoms with E-state index >= 15 is 0 Å². The zero-order chi connectivity index (χ0) is 16.6. The maximum absolute atomic E-state index is 4.68. The van der Waals surface area contributed by atoms with E-state index in [1.165, 1.54) is 0 Å². The molecule has 3 aromatic heterocycles. The molecular weight excluding hydrogens is 308 g/mol. The number of hydrogen-bond acceptors (Lipinski definition) is 3. The molecule has 0 radical (unpaired) electrons. The van der Waals surface area contributed by atoms with Crippen molar-refractivity contribution in [2.24, 2.45) is 0 Å². The fourth-order valence-corrected chi connectivity index (χ4v) is 3.18. The molecule has 0 bridgehead atoms. The lowest BCUT2D eigenvalue weighted by Crippen LogP contribution is -1.92. The number of para-hydroxylation sites is 1. The highest BCUT2D eigenvalue weighted by atomic mass is 15.2. The van der Waals surface area contributed by atoms with Gasteiger partial charge in [0.15, 0.2) is 5.65 Å². The smallest absolute Gasteiger partial charge is 0.162 e. The molecule has 2 aromatic carbocycles. The third-order valence-corrected chi connectivity index (χ3v) is 4.40. The van der Waals surface area contributed by atoms with Crippen molar-refractivity contribution in [1.82, 2.24) is 19.6 Å². The van der Waals surface area contributed by atoms with E-state index in [0.29, 0.717) is 0 Å². The van der Waals surface area contributed by atoms with E-state index in [1.807, 2.05) is 71.8 Å². The van der Waals surface area contributed by atoms with Gasteiger partial charge in [0.2, 0.25) is 0 Å². The monoisotopic (exact) mass is 322 g/mol. The number of aromatic nitrogens is 4. The average Bonchev–Trinajstić information content (AvgIpc) is 3.11. The standard InChI is InChI=1S/C21H14N4/c1-2-6-15(7-3-1)16-12-23-21-19(13-24-25(21)14-16)17-10-11-22-20-9-5-4-8-18(17)20/h1-14H. The second-order valence-corrected chi connectivity index (χ2v) is 5.91. The molecule has 0 aliphatic rings. The molecule has 0 unspecified atom stereocenters. The van der Waals surface area contributed by atoms with Gasteiger partial charge >= 0.3 is 0 Å². The number of hydrogen-bond donors (Lipinski definition) is 0. The Morgan fingerprint density at radius 1 is 0.680 bits per heavy atom. The summed E-state index contributed by atoms with van der Waals surface area (Å²) in [5.41, 5.74) is 6.10. The molecule has 0 atom stereocenters. The molecule has 118 valence electrons. The summed E-state index contributed by atoms with van der Waals surface area (Å²) < 4.78 is 1.84. The summed E-state index contributed by atoms with van der Waals surface area (Å²) in [7, 11) is 0. The Bertz CT molecular complexity index is 1190. The van der Waals surface area contributed by atoms with Crippen molar-refractivity contribution >= 4 is 16.6 Å². The molecule has 5 rings (SSSR count). The lowest BCUT2D eigenvalue weighted by molar-refractivity contribution is 0.941. The number of fused-ring (bicyclic) bond motifs is 2. The van der Waals surface area contributed by atoms with Crippen LogP contribution >= 0.6 is 0 Å². The molecule has 25 heavy (non-hydrogen) atoms. The number of nitrogens with zero attached hydrogens (tertiary/aromatic N) is 4. The van der Waals surface area contributed by atoms with Crippen LogP contribution in [0.4, 0.5) is 0 Å². The van der Waals surface area contributed by atoms with Crippen molar-refractivity contribution in [3.8, 4) is 22.3 Å². The first-order valence-electron chi connectivity index (χ1n) is 8.13. The summed E-state index contributed by atoms with van der Waals surface area (Å²) in [4.78, 5) is 9.12. The zero-order valence-electron chi connectivity index (χ0n) is 13.4. The Labute approximate surface area is 144 Å². The molecule has 3 heterocycles. The third-order valence-electron chi connectivity index (χ3n) is 4.40. The van der Waals surface area contributed by atoms with Gasteiger partial charge in [0.25, 0.3) is 0 Å². The van der Waals surface area contributed by atoms with Gasteiger partial charge in [-0.1, -0.05) is 48.5 Å². The minimum absolute atomic E-state index is 0.844. The first-order chi connectivity index (χ1) is 12.4. The zero-order valence-corrected chi connectivity index (χ0v) is 13.4.